The first-order valence-corrected chi connectivity index (χ1v) is 7.54. The van der Waals surface area contributed by atoms with Gasteiger partial charge in [-0.1, -0.05) is 35.9 Å². The molecule has 0 radical (unpaired) electrons. The minimum absolute atomic E-state index is 0.0512. The Morgan fingerprint density at radius 2 is 2.09 bits per heavy atom. The van der Waals surface area contributed by atoms with Gasteiger partial charge in [-0.15, -0.1) is 0 Å². The van der Waals surface area contributed by atoms with Crippen LogP contribution >= 0.6 is 11.6 Å². The molecule has 0 bridgehead atoms. The van der Waals surface area contributed by atoms with Crippen LogP contribution in [0.25, 0.3) is 10.9 Å². The molecule has 0 aliphatic carbocycles. The SMILES string of the molecule is NC(=O)N1Cc2ccccc2C1c1c[nH]c2cc(F)c(Cl)cc12. The Balaban J connectivity index is 1.94. The maximum atomic E-state index is 13.6. The highest BCUT2D eigenvalue weighted by Gasteiger charge is 2.34. The van der Waals surface area contributed by atoms with Gasteiger partial charge in [0.15, 0.2) is 0 Å². The number of aromatic nitrogens is 1. The molecular weight excluding hydrogens is 317 g/mol. The number of primary amides is 1. The van der Waals surface area contributed by atoms with Gasteiger partial charge in [-0.05, 0) is 23.3 Å². The molecule has 2 aromatic carbocycles. The van der Waals surface area contributed by atoms with Crippen LogP contribution in [0.15, 0.2) is 42.6 Å². The number of hydrogen-bond donors (Lipinski definition) is 2. The van der Waals surface area contributed by atoms with E-state index in [9.17, 15) is 9.18 Å². The minimum Gasteiger partial charge on any atom is -0.361 e. The molecule has 23 heavy (non-hydrogen) atoms. The highest BCUT2D eigenvalue weighted by atomic mass is 35.5. The average molecular weight is 330 g/mol. The summed E-state index contributed by atoms with van der Waals surface area (Å²) in [5.41, 5.74) is 9.13. The van der Waals surface area contributed by atoms with Crippen molar-refractivity contribution < 1.29 is 9.18 Å². The Labute approximate surface area is 136 Å². The molecule has 116 valence electrons. The number of nitrogens with zero attached hydrogens (tertiary/aromatic N) is 1. The van der Waals surface area contributed by atoms with Crippen LogP contribution in [0.2, 0.25) is 5.02 Å². The molecule has 1 aliphatic heterocycles. The number of carbonyl (C=O) groups is 1. The molecule has 1 aromatic heterocycles. The number of rotatable bonds is 1. The third-order valence-electron chi connectivity index (χ3n) is 4.33. The second kappa shape index (κ2) is 4.99. The zero-order chi connectivity index (χ0) is 16.1. The summed E-state index contributed by atoms with van der Waals surface area (Å²) in [6.45, 7) is 0.456. The maximum Gasteiger partial charge on any atom is 0.315 e. The molecule has 0 saturated heterocycles. The smallest absolute Gasteiger partial charge is 0.315 e. The summed E-state index contributed by atoms with van der Waals surface area (Å²) in [4.78, 5) is 16.5. The maximum absolute atomic E-state index is 13.6. The Morgan fingerprint density at radius 1 is 1.30 bits per heavy atom. The molecule has 1 atom stereocenters. The van der Waals surface area contributed by atoms with Crippen LogP contribution in [0.4, 0.5) is 9.18 Å². The number of aromatic amines is 1. The standard InChI is InChI=1S/C17H13ClFN3O/c18-13-5-11-12(7-21-15(11)6-14(13)19)16-10-4-2-1-3-9(10)8-22(16)17(20)23/h1-7,16,21H,8H2,(H2,20,23). The topological polar surface area (TPSA) is 62.1 Å². The molecular formula is C17H13ClFN3O. The first-order chi connectivity index (χ1) is 11.1. The third-order valence-corrected chi connectivity index (χ3v) is 4.62. The van der Waals surface area contributed by atoms with Gasteiger partial charge in [0.05, 0.1) is 11.1 Å². The van der Waals surface area contributed by atoms with Crippen molar-refractivity contribution in [3.05, 3.63) is 70.1 Å². The number of nitrogens with one attached hydrogen (secondary N) is 1. The Bertz CT molecular complexity index is 937. The molecule has 1 aliphatic rings. The van der Waals surface area contributed by atoms with E-state index < -0.39 is 11.8 Å². The monoisotopic (exact) mass is 329 g/mol. The quantitative estimate of drug-likeness (QED) is 0.697. The molecule has 4 rings (SSSR count). The summed E-state index contributed by atoms with van der Waals surface area (Å²) >= 11 is 5.93. The van der Waals surface area contributed by atoms with E-state index in [4.69, 9.17) is 17.3 Å². The summed E-state index contributed by atoms with van der Waals surface area (Å²) in [5, 5.41) is 0.833. The Hall–Kier alpha value is -2.53. The fraction of sp³-hybridized carbons (Fsp3) is 0.118. The number of hydrogen-bond acceptors (Lipinski definition) is 1. The molecule has 0 fully saturated rings. The number of halogens is 2. The minimum atomic E-state index is -0.492. The zero-order valence-corrected chi connectivity index (χ0v) is 12.8. The number of fused-ring (bicyclic) bond motifs is 2. The number of amides is 2. The van der Waals surface area contributed by atoms with E-state index in [2.05, 4.69) is 4.98 Å². The van der Waals surface area contributed by atoms with Crippen molar-refractivity contribution in [2.45, 2.75) is 12.6 Å². The highest BCUT2D eigenvalue weighted by molar-refractivity contribution is 6.31. The summed E-state index contributed by atoms with van der Waals surface area (Å²) in [5.74, 6) is -0.480. The number of urea groups is 1. The van der Waals surface area contributed by atoms with Crippen LogP contribution in [0, 0.1) is 5.82 Å². The lowest BCUT2D eigenvalue weighted by Gasteiger charge is -2.23. The van der Waals surface area contributed by atoms with E-state index in [1.165, 1.54) is 6.07 Å². The summed E-state index contributed by atoms with van der Waals surface area (Å²) in [6, 6.07) is 9.96. The summed E-state index contributed by atoms with van der Waals surface area (Å²) in [7, 11) is 0. The molecule has 0 spiro atoms. The second-order valence-electron chi connectivity index (χ2n) is 5.62. The number of nitrogens with two attached hydrogens (primary N) is 1. The zero-order valence-electron chi connectivity index (χ0n) is 12.0. The number of benzene rings is 2. The van der Waals surface area contributed by atoms with Crippen LogP contribution in [0.1, 0.15) is 22.7 Å². The predicted molar refractivity (Wildman–Crippen MR) is 86.7 cm³/mol. The largest absolute Gasteiger partial charge is 0.361 e. The molecule has 0 saturated carbocycles. The fourth-order valence-electron chi connectivity index (χ4n) is 3.29. The van der Waals surface area contributed by atoms with Gasteiger partial charge in [0.25, 0.3) is 0 Å². The van der Waals surface area contributed by atoms with Crippen LogP contribution in [-0.2, 0) is 6.54 Å². The Kier molecular flexibility index (Phi) is 3.06. The molecule has 2 heterocycles. The predicted octanol–water partition coefficient (Wildman–Crippen LogP) is 3.94. The van der Waals surface area contributed by atoms with E-state index in [0.29, 0.717) is 12.1 Å². The van der Waals surface area contributed by atoms with Gasteiger partial charge in [0.1, 0.15) is 5.82 Å². The van der Waals surface area contributed by atoms with Gasteiger partial charge in [-0.25, -0.2) is 9.18 Å². The van der Waals surface area contributed by atoms with Crippen molar-refractivity contribution in [2.75, 3.05) is 0 Å². The van der Waals surface area contributed by atoms with Gasteiger partial charge >= 0.3 is 6.03 Å². The Morgan fingerprint density at radius 3 is 2.87 bits per heavy atom. The molecule has 1 unspecified atom stereocenters. The van der Waals surface area contributed by atoms with E-state index >= 15 is 0 Å². The third kappa shape index (κ3) is 2.08. The second-order valence-corrected chi connectivity index (χ2v) is 6.03. The van der Waals surface area contributed by atoms with Crippen LogP contribution in [0.3, 0.4) is 0 Å². The lowest BCUT2D eigenvalue weighted by atomic mass is 9.97. The van der Waals surface area contributed by atoms with Crippen molar-refractivity contribution in [3.63, 3.8) is 0 Å². The van der Waals surface area contributed by atoms with Gasteiger partial charge in [-0.2, -0.15) is 0 Å². The van der Waals surface area contributed by atoms with Crippen molar-refractivity contribution >= 4 is 28.5 Å². The lowest BCUT2D eigenvalue weighted by Crippen LogP contribution is -2.34. The molecule has 4 nitrogen and oxygen atoms in total. The van der Waals surface area contributed by atoms with Crippen molar-refractivity contribution in [3.8, 4) is 0 Å². The average Bonchev–Trinajstić information content (AvgIpc) is 3.08. The molecule has 3 aromatic rings. The normalized spacial score (nSPS) is 16.8. The van der Waals surface area contributed by atoms with Crippen LogP contribution in [-0.4, -0.2) is 15.9 Å². The van der Waals surface area contributed by atoms with Crippen molar-refractivity contribution in [1.29, 1.82) is 0 Å². The van der Waals surface area contributed by atoms with Gasteiger partial charge < -0.3 is 15.6 Å². The molecule has 6 heteroatoms. The van der Waals surface area contributed by atoms with Gasteiger partial charge in [-0.3, -0.25) is 0 Å². The van der Waals surface area contributed by atoms with Crippen LogP contribution < -0.4 is 5.73 Å². The summed E-state index contributed by atoms with van der Waals surface area (Å²) < 4.78 is 13.6. The van der Waals surface area contributed by atoms with Crippen molar-refractivity contribution in [2.24, 2.45) is 5.73 Å². The van der Waals surface area contributed by atoms with E-state index in [1.54, 1.807) is 17.2 Å². The first-order valence-electron chi connectivity index (χ1n) is 7.16. The van der Waals surface area contributed by atoms with Gasteiger partial charge in [0.2, 0.25) is 0 Å². The van der Waals surface area contributed by atoms with E-state index in [1.807, 2.05) is 24.3 Å². The summed E-state index contributed by atoms with van der Waals surface area (Å²) in [6.07, 6.45) is 1.78. The number of carbonyl (C=O) groups excluding carboxylic acids is 1. The highest BCUT2D eigenvalue weighted by Crippen LogP contribution is 2.41. The van der Waals surface area contributed by atoms with Crippen LogP contribution in [0.5, 0.6) is 0 Å². The van der Waals surface area contributed by atoms with Crippen molar-refractivity contribution in [1.82, 2.24) is 9.88 Å². The fourth-order valence-corrected chi connectivity index (χ4v) is 3.46. The lowest BCUT2D eigenvalue weighted by molar-refractivity contribution is 0.199. The molecule has 2 amide bonds. The first kappa shape index (κ1) is 14.1. The molecule has 3 N–H and O–H groups in total. The van der Waals surface area contributed by atoms with E-state index in [0.717, 1.165) is 22.1 Å². The number of H-pyrrole nitrogens is 1. The van der Waals surface area contributed by atoms with E-state index in [-0.39, 0.29) is 11.1 Å². The van der Waals surface area contributed by atoms with Gasteiger partial charge in [0, 0.05) is 29.2 Å².